The van der Waals surface area contributed by atoms with Crippen LogP contribution < -0.4 is 0 Å². The summed E-state index contributed by atoms with van der Waals surface area (Å²) in [5.41, 5.74) is 1.00. The number of aliphatic hydroxyl groups is 1. The fourth-order valence-electron chi connectivity index (χ4n) is 3.35. The van der Waals surface area contributed by atoms with Crippen LogP contribution in [-0.4, -0.2) is 64.0 Å². The van der Waals surface area contributed by atoms with Crippen molar-refractivity contribution in [1.29, 1.82) is 0 Å². The lowest BCUT2D eigenvalue weighted by Crippen LogP contribution is -2.61. The van der Waals surface area contributed by atoms with Gasteiger partial charge in [0.15, 0.2) is 0 Å². The Morgan fingerprint density at radius 1 is 1.42 bits per heavy atom. The lowest BCUT2D eigenvalue weighted by atomic mass is 9.83. The molecule has 7 nitrogen and oxygen atoms in total. The molecule has 0 radical (unpaired) electrons. The number of amides is 2. The minimum atomic E-state index is -1.17. The molecule has 2 aliphatic heterocycles. The van der Waals surface area contributed by atoms with Crippen LogP contribution in [-0.2, 0) is 9.59 Å². The monoisotopic (exact) mass is 350 g/mol. The second-order valence-corrected chi connectivity index (χ2v) is 7.19. The molecule has 8 heteroatoms. The summed E-state index contributed by atoms with van der Waals surface area (Å²) < 4.78 is 0. The number of hydrogen-bond donors (Lipinski definition) is 2. The van der Waals surface area contributed by atoms with E-state index in [2.05, 4.69) is 0 Å². The van der Waals surface area contributed by atoms with Gasteiger partial charge in [-0.2, -0.15) is 0 Å². The molecule has 3 rings (SSSR count). The number of aliphatic hydroxyl groups excluding tert-OH is 1. The smallest absolute Gasteiger partial charge is 0.352 e. The lowest BCUT2D eigenvalue weighted by Gasteiger charge is -2.44. The molecule has 0 spiro atoms. The molecule has 0 unspecified atom stereocenters. The number of hydrogen-bond acceptors (Lipinski definition) is 5. The van der Waals surface area contributed by atoms with Crippen LogP contribution in [0.25, 0.3) is 5.57 Å². The van der Waals surface area contributed by atoms with Crippen molar-refractivity contribution in [3.8, 4) is 0 Å². The maximum Gasteiger partial charge on any atom is 0.352 e. The van der Waals surface area contributed by atoms with Gasteiger partial charge < -0.3 is 20.0 Å². The molecule has 24 heavy (non-hydrogen) atoms. The summed E-state index contributed by atoms with van der Waals surface area (Å²) in [5.74, 6) is -2.25. The Morgan fingerprint density at radius 2 is 2.08 bits per heavy atom. The van der Waals surface area contributed by atoms with Crippen LogP contribution in [0, 0.1) is 5.92 Å². The number of carbonyl (C=O) groups excluding carboxylic acids is 2. The standard InChI is InChI=1S/C16H18N2O5S/c1-7(19)12-10-5-9(13(16(22)23)18(10)15(12)21)11-4-8(6-24-11)14(20)17(2)3/h4,6-7,10,12,19H,5H2,1-3H3,(H,22,23)/t7-,10-,12-/m1/s1. The quantitative estimate of drug-likeness (QED) is 0.785. The molecule has 1 saturated heterocycles. The van der Waals surface area contributed by atoms with Crippen LogP contribution in [0.15, 0.2) is 17.1 Å². The number of carbonyl (C=O) groups is 3. The van der Waals surface area contributed by atoms with E-state index in [1.165, 1.54) is 28.1 Å². The highest BCUT2D eigenvalue weighted by Crippen LogP contribution is 2.47. The fraction of sp³-hybridized carbons (Fsp3) is 0.438. The van der Waals surface area contributed by atoms with Crippen LogP contribution in [0.2, 0.25) is 0 Å². The first-order chi connectivity index (χ1) is 11.2. The van der Waals surface area contributed by atoms with Gasteiger partial charge in [-0.3, -0.25) is 9.59 Å². The second-order valence-electron chi connectivity index (χ2n) is 6.28. The SMILES string of the molecule is C[C@@H](O)[C@H]1C(=O)N2C(C(=O)O)=C(c3cc(C(=O)N(C)C)cs3)C[C@H]12. The van der Waals surface area contributed by atoms with E-state index in [1.54, 1.807) is 25.5 Å². The van der Waals surface area contributed by atoms with E-state index < -0.39 is 18.0 Å². The first-order valence-corrected chi connectivity index (χ1v) is 8.40. The van der Waals surface area contributed by atoms with Crippen LogP contribution >= 0.6 is 11.3 Å². The highest BCUT2D eigenvalue weighted by atomic mass is 32.1. The van der Waals surface area contributed by atoms with Crippen molar-refractivity contribution in [2.45, 2.75) is 25.5 Å². The second kappa shape index (κ2) is 5.71. The molecule has 2 amide bonds. The predicted molar refractivity (Wildman–Crippen MR) is 87.3 cm³/mol. The number of fused-ring (bicyclic) bond motifs is 1. The lowest BCUT2D eigenvalue weighted by molar-refractivity contribution is -0.161. The van der Waals surface area contributed by atoms with Gasteiger partial charge in [0, 0.05) is 29.9 Å². The third-order valence-corrected chi connectivity index (χ3v) is 5.47. The van der Waals surface area contributed by atoms with Gasteiger partial charge in [-0.05, 0) is 19.4 Å². The molecule has 2 aliphatic rings. The van der Waals surface area contributed by atoms with Gasteiger partial charge in [0.1, 0.15) is 5.70 Å². The van der Waals surface area contributed by atoms with Gasteiger partial charge in [-0.25, -0.2) is 4.79 Å². The van der Waals surface area contributed by atoms with Crippen molar-refractivity contribution < 1.29 is 24.6 Å². The minimum Gasteiger partial charge on any atom is -0.477 e. The van der Waals surface area contributed by atoms with Gasteiger partial charge in [0.2, 0.25) is 5.91 Å². The number of rotatable bonds is 4. The molecule has 128 valence electrons. The Balaban J connectivity index is 1.97. The number of β-lactam (4-membered cyclic amide) rings is 1. The first-order valence-electron chi connectivity index (χ1n) is 7.52. The van der Waals surface area contributed by atoms with Crippen LogP contribution in [0.4, 0.5) is 0 Å². The van der Waals surface area contributed by atoms with E-state index in [0.717, 1.165) is 0 Å². The van der Waals surface area contributed by atoms with Crippen molar-refractivity contribution in [3.05, 3.63) is 27.6 Å². The topological polar surface area (TPSA) is 98.1 Å². The molecule has 0 bridgehead atoms. The van der Waals surface area contributed by atoms with Gasteiger partial charge >= 0.3 is 5.97 Å². The Labute approximate surface area is 142 Å². The zero-order chi connectivity index (χ0) is 17.8. The Morgan fingerprint density at radius 3 is 2.62 bits per heavy atom. The van der Waals surface area contributed by atoms with Crippen molar-refractivity contribution in [1.82, 2.24) is 9.80 Å². The van der Waals surface area contributed by atoms with Crippen molar-refractivity contribution in [2.24, 2.45) is 5.92 Å². The molecule has 3 heterocycles. The third-order valence-electron chi connectivity index (χ3n) is 4.48. The van der Waals surface area contributed by atoms with Crippen LogP contribution in [0.3, 0.4) is 0 Å². The normalized spacial score (nSPS) is 23.8. The molecule has 1 fully saturated rings. The van der Waals surface area contributed by atoms with Gasteiger partial charge in [-0.15, -0.1) is 11.3 Å². The van der Waals surface area contributed by atoms with E-state index in [1.807, 2.05) is 0 Å². The summed E-state index contributed by atoms with van der Waals surface area (Å²) in [6.45, 7) is 1.54. The Bertz CT molecular complexity index is 764. The van der Waals surface area contributed by atoms with Crippen molar-refractivity contribution >= 4 is 34.7 Å². The van der Waals surface area contributed by atoms with Crippen molar-refractivity contribution in [2.75, 3.05) is 14.1 Å². The highest BCUT2D eigenvalue weighted by molar-refractivity contribution is 7.11. The van der Waals surface area contributed by atoms with E-state index in [0.29, 0.717) is 22.4 Å². The molecule has 0 saturated carbocycles. The van der Waals surface area contributed by atoms with Crippen LogP contribution in [0.1, 0.15) is 28.6 Å². The largest absolute Gasteiger partial charge is 0.477 e. The van der Waals surface area contributed by atoms with E-state index in [9.17, 15) is 24.6 Å². The number of thiophene rings is 1. The van der Waals surface area contributed by atoms with Gasteiger partial charge in [0.25, 0.3) is 5.91 Å². The van der Waals surface area contributed by atoms with Crippen molar-refractivity contribution in [3.63, 3.8) is 0 Å². The third kappa shape index (κ3) is 2.33. The maximum atomic E-state index is 12.2. The van der Waals surface area contributed by atoms with E-state index >= 15 is 0 Å². The zero-order valence-electron chi connectivity index (χ0n) is 13.5. The molecule has 2 N–H and O–H groups in total. The average molecular weight is 350 g/mol. The van der Waals surface area contributed by atoms with E-state index in [4.69, 9.17) is 0 Å². The van der Waals surface area contributed by atoms with Gasteiger partial charge in [-0.1, -0.05) is 0 Å². The highest BCUT2D eigenvalue weighted by Gasteiger charge is 2.56. The summed E-state index contributed by atoms with van der Waals surface area (Å²) in [6, 6.07) is 1.34. The molecular formula is C16H18N2O5S. The maximum absolute atomic E-state index is 12.2. The van der Waals surface area contributed by atoms with E-state index in [-0.39, 0.29) is 23.6 Å². The Kier molecular flexibility index (Phi) is 3.97. The summed E-state index contributed by atoms with van der Waals surface area (Å²) in [4.78, 5) is 39.3. The van der Waals surface area contributed by atoms with Crippen LogP contribution in [0.5, 0.6) is 0 Å². The zero-order valence-corrected chi connectivity index (χ0v) is 14.3. The number of aliphatic carboxylic acids is 1. The fourth-order valence-corrected chi connectivity index (χ4v) is 4.29. The van der Waals surface area contributed by atoms with Gasteiger partial charge in [0.05, 0.1) is 23.6 Å². The molecule has 0 aliphatic carbocycles. The molecule has 1 aromatic rings. The minimum absolute atomic E-state index is 0.0346. The summed E-state index contributed by atoms with van der Waals surface area (Å²) in [7, 11) is 3.30. The molecular weight excluding hydrogens is 332 g/mol. The first kappa shape index (κ1) is 16.7. The Hall–Kier alpha value is -2.19. The summed E-state index contributed by atoms with van der Waals surface area (Å²) >= 11 is 1.29. The molecule has 0 aromatic carbocycles. The number of carboxylic acids is 1. The molecule has 3 atom stereocenters. The number of nitrogens with zero attached hydrogens (tertiary/aromatic N) is 2. The number of carboxylic acid groups (broad SMARTS) is 1. The molecule has 1 aromatic heterocycles. The average Bonchev–Trinajstić information content (AvgIpc) is 3.07. The predicted octanol–water partition coefficient (Wildman–Crippen LogP) is 0.857. The summed E-state index contributed by atoms with van der Waals surface area (Å²) in [6.07, 6.45) is -0.443. The summed E-state index contributed by atoms with van der Waals surface area (Å²) in [5, 5.41) is 21.0.